The summed E-state index contributed by atoms with van der Waals surface area (Å²) in [5, 5.41) is 3.58. The van der Waals surface area contributed by atoms with Gasteiger partial charge in [0.25, 0.3) is 0 Å². The summed E-state index contributed by atoms with van der Waals surface area (Å²) < 4.78 is 0. The summed E-state index contributed by atoms with van der Waals surface area (Å²) in [6, 6.07) is 2.57. The molecule has 2 rings (SSSR count). The van der Waals surface area contributed by atoms with E-state index in [0.29, 0.717) is 0 Å². The maximum absolute atomic E-state index is 3.58. The Balaban J connectivity index is 1.93. The smallest absolute Gasteiger partial charge is 0.0111 e. The number of fused-ring (bicyclic) bond motifs is 2. The molecule has 2 aliphatic rings. The van der Waals surface area contributed by atoms with Crippen LogP contribution in [0.4, 0.5) is 0 Å². The van der Waals surface area contributed by atoms with E-state index in [0.717, 1.165) is 24.7 Å². The van der Waals surface area contributed by atoms with Gasteiger partial charge in [-0.25, -0.2) is 0 Å². The Morgan fingerprint density at radius 1 is 1.25 bits per heavy atom. The van der Waals surface area contributed by atoms with Crippen LogP contribution in [0.25, 0.3) is 0 Å². The van der Waals surface area contributed by atoms with Crippen LogP contribution in [0.2, 0.25) is 0 Å². The molecule has 0 saturated carbocycles. The molecule has 2 aliphatic heterocycles. The Labute approximate surface area is 75.3 Å². The molecule has 0 aromatic rings. The van der Waals surface area contributed by atoms with Crippen molar-refractivity contribution in [2.24, 2.45) is 0 Å². The highest BCUT2D eigenvalue weighted by molar-refractivity contribution is 4.95. The van der Waals surface area contributed by atoms with E-state index >= 15 is 0 Å². The largest absolute Gasteiger partial charge is 0.314 e. The van der Waals surface area contributed by atoms with Crippen LogP contribution in [0.1, 0.15) is 32.6 Å². The van der Waals surface area contributed by atoms with Crippen LogP contribution in [-0.2, 0) is 0 Å². The van der Waals surface area contributed by atoms with Gasteiger partial charge in [0.05, 0.1) is 0 Å². The van der Waals surface area contributed by atoms with Crippen LogP contribution in [-0.4, -0.2) is 36.6 Å². The van der Waals surface area contributed by atoms with Crippen molar-refractivity contribution in [1.82, 2.24) is 10.2 Å². The van der Waals surface area contributed by atoms with Crippen molar-refractivity contribution >= 4 is 0 Å². The van der Waals surface area contributed by atoms with Crippen molar-refractivity contribution in [2.45, 2.75) is 50.7 Å². The van der Waals surface area contributed by atoms with Gasteiger partial charge in [-0.15, -0.1) is 0 Å². The van der Waals surface area contributed by atoms with E-state index in [9.17, 15) is 0 Å². The zero-order chi connectivity index (χ0) is 8.55. The molecular weight excluding hydrogens is 148 g/mol. The lowest BCUT2D eigenvalue weighted by atomic mass is 9.98. The Hall–Kier alpha value is -0.0800. The number of nitrogens with one attached hydrogen (secondary N) is 1. The highest BCUT2D eigenvalue weighted by Crippen LogP contribution is 2.33. The van der Waals surface area contributed by atoms with Gasteiger partial charge in [0.15, 0.2) is 0 Å². The first-order valence-corrected chi connectivity index (χ1v) is 5.26. The van der Waals surface area contributed by atoms with Gasteiger partial charge in [-0.3, -0.25) is 0 Å². The highest BCUT2D eigenvalue weighted by Gasteiger charge is 2.37. The predicted octanol–water partition coefficient (Wildman–Crippen LogP) is 1.22. The molecular formula is C10H20N2. The summed E-state index contributed by atoms with van der Waals surface area (Å²) in [5.41, 5.74) is 0. The van der Waals surface area contributed by atoms with Gasteiger partial charge in [0.1, 0.15) is 0 Å². The molecule has 1 N–H and O–H groups in total. The Morgan fingerprint density at radius 3 is 2.33 bits per heavy atom. The van der Waals surface area contributed by atoms with Crippen molar-refractivity contribution < 1.29 is 0 Å². The molecule has 2 fully saturated rings. The molecule has 2 saturated heterocycles. The number of hydrogen-bond acceptors (Lipinski definition) is 2. The molecule has 2 unspecified atom stereocenters. The maximum Gasteiger partial charge on any atom is 0.0111 e. The third kappa shape index (κ3) is 1.38. The minimum atomic E-state index is 0.809. The van der Waals surface area contributed by atoms with Gasteiger partial charge in [-0.1, -0.05) is 6.92 Å². The third-order valence-corrected chi connectivity index (χ3v) is 3.59. The molecule has 2 heteroatoms. The van der Waals surface area contributed by atoms with Crippen molar-refractivity contribution in [1.29, 1.82) is 0 Å². The molecule has 2 heterocycles. The predicted molar refractivity (Wildman–Crippen MR) is 51.3 cm³/mol. The third-order valence-electron chi connectivity index (χ3n) is 3.59. The lowest BCUT2D eigenvalue weighted by Crippen LogP contribution is -2.47. The molecule has 2 atom stereocenters. The van der Waals surface area contributed by atoms with Gasteiger partial charge in [0, 0.05) is 18.1 Å². The first-order chi connectivity index (χ1) is 5.81. The average molecular weight is 168 g/mol. The van der Waals surface area contributed by atoms with Crippen LogP contribution in [0.3, 0.4) is 0 Å². The quantitative estimate of drug-likeness (QED) is 0.667. The van der Waals surface area contributed by atoms with Crippen LogP contribution in [0.5, 0.6) is 0 Å². The summed E-state index contributed by atoms with van der Waals surface area (Å²) in [6.45, 7) is 3.34. The maximum atomic E-state index is 3.58. The fraction of sp³-hybridized carbons (Fsp3) is 1.00. The molecule has 0 aromatic carbocycles. The molecule has 0 aromatic heterocycles. The summed E-state index contributed by atoms with van der Waals surface area (Å²) >= 11 is 0. The van der Waals surface area contributed by atoms with Crippen LogP contribution < -0.4 is 5.32 Å². The Bertz CT molecular complexity index is 144. The Kier molecular flexibility index (Phi) is 2.37. The molecule has 2 bridgehead atoms. The van der Waals surface area contributed by atoms with Gasteiger partial charge < -0.3 is 10.2 Å². The van der Waals surface area contributed by atoms with Crippen molar-refractivity contribution in [3.8, 4) is 0 Å². The fourth-order valence-electron chi connectivity index (χ4n) is 2.87. The van der Waals surface area contributed by atoms with Crippen molar-refractivity contribution in [2.75, 3.05) is 13.6 Å². The van der Waals surface area contributed by atoms with Gasteiger partial charge >= 0.3 is 0 Å². The van der Waals surface area contributed by atoms with Crippen LogP contribution in [0.15, 0.2) is 0 Å². The fourth-order valence-corrected chi connectivity index (χ4v) is 2.87. The summed E-state index contributed by atoms with van der Waals surface area (Å²) in [4.78, 5) is 2.59. The van der Waals surface area contributed by atoms with Crippen molar-refractivity contribution in [3.63, 3.8) is 0 Å². The van der Waals surface area contributed by atoms with E-state index in [2.05, 4.69) is 24.2 Å². The zero-order valence-corrected chi connectivity index (χ0v) is 8.21. The van der Waals surface area contributed by atoms with Crippen LogP contribution >= 0.6 is 0 Å². The zero-order valence-electron chi connectivity index (χ0n) is 8.21. The summed E-state index contributed by atoms with van der Waals surface area (Å²) in [6.07, 6.45) is 5.62. The molecule has 0 spiro atoms. The number of hydrogen-bond donors (Lipinski definition) is 1. The van der Waals surface area contributed by atoms with Gasteiger partial charge in [0.2, 0.25) is 0 Å². The minimum absolute atomic E-state index is 0.809. The van der Waals surface area contributed by atoms with E-state index < -0.39 is 0 Å². The lowest BCUT2D eigenvalue weighted by Gasteiger charge is -2.36. The normalized spacial score (nSPS) is 42.0. The molecule has 0 amide bonds. The van der Waals surface area contributed by atoms with E-state index in [1.165, 1.54) is 25.7 Å². The SMILES string of the molecule is CCNC1CC2CCC(C1)N2C. The number of nitrogens with zero attached hydrogens (tertiary/aromatic N) is 1. The molecule has 70 valence electrons. The molecule has 0 aliphatic carbocycles. The summed E-state index contributed by atoms with van der Waals surface area (Å²) in [5.74, 6) is 0. The minimum Gasteiger partial charge on any atom is -0.314 e. The van der Waals surface area contributed by atoms with Gasteiger partial charge in [-0.2, -0.15) is 0 Å². The summed E-state index contributed by atoms with van der Waals surface area (Å²) in [7, 11) is 2.30. The molecule has 12 heavy (non-hydrogen) atoms. The first kappa shape index (κ1) is 8.52. The second kappa shape index (κ2) is 3.35. The number of rotatable bonds is 2. The van der Waals surface area contributed by atoms with E-state index in [4.69, 9.17) is 0 Å². The second-order valence-corrected chi connectivity index (χ2v) is 4.28. The van der Waals surface area contributed by atoms with E-state index in [1.807, 2.05) is 0 Å². The highest BCUT2D eigenvalue weighted by atomic mass is 15.2. The first-order valence-electron chi connectivity index (χ1n) is 5.26. The van der Waals surface area contributed by atoms with Gasteiger partial charge in [-0.05, 0) is 39.3 Å². The molecule has 0 radical (unpaired) electrons. The van der Waals surface area contributed by atoms with E-state index in [-0.39, 0.29) is 0 Å². The standard InChI is InChI=1S/C10H20N2/c1-3-11-8-6-9-4-5-10(7-8)12(9)2/h8-11H,3-7H2,1-2H3. The molecule has 2 nitrogen and oxygen atoms in total. The monoisotopic (exact) mass is 168 g/mol. The lowest BCUT2D eigenvalue weighted by molar-refractivity contribution is 0.150. The topological polar surface area (TPSA) is 15.3 Å². The van der Waals surface area contributed by atoms with E-state index in [1.54, 1.807) is 0 Å². The van der Waals surface area contributed by atoms with Crippen LogP contribution in [0, 0.1) is 0 Å². The second-order valence-electron chi connectivity index (χ2n) is 4.28. The Morgan fingerprint density at radius 2 is 1.83 bits per heavy atom. The average Bonchev–Trinajstić information content (AvgIpc) is 2.33. The number of piperidine rings is 1. The van der Waals surface area contributed by atoms with Crippen molar-refractivity contribution in [3.05, 3.63) is 0 Å².